The van der Waals surface area contributed by atoms with Crippen molar-refractivity contribution in [3.8, 4) is 0 Å². The van der Waals surface area contributed by atoms with Crippen LogP contribution in [0.4, 0.5) is 0 Å². The zero-order chi connectivity index (χ0) is 20.3. The molecule has 0 bridgehead atoms. The Balaban J connectivity index is 1.81. The molecule has 1 unspecified atom stereocenters. The Hall–Kier alpha value is -2.94. The van der Waals surface area contributed by atoms with E-state index in [0.717, 1.165) is 11.1 Å². The van der Waals surface area contributed by atoms with Crippen LogP contribution in [-0.4, -0.2) is 45.2 Å². The lowest BCUT2D eigenvalue weighted by Gasteiger charge is -2.21. The molecule has 9 heteroatoms. The van der Waals surface area contributed by atoms with Crippen LogP contribution in [0, 0.1) is 0 Å². The van der Waals surface area contributed by atoms with E-state index < -0.39 is 17.9 Å². The van der Waals surface area contributed by atoms with Gasteiger partial charge in [-0.3, -0.25) is 28.8 Å². The van der Waals surface area contributed by atoms with E-state index in [1.165, 1.54) is 9.13 Å². The normalized spacial score (nSPS) is 17.1. The summed E-state index contributed by atoms with van der Waals surface area (Å²) in [4.78, 5) is 47.0. The second-order valence-electron chi connectivity index (χ2n) is 6.82. The van der Waals surface area contributed by atoms with E-state index in [4.69, 9.17) is 9.84 Å². The molecule has 2 N–H and O–H groups in total. The van der Waals surface area contributed by atoms with E-state index in [0.29, 0.717) is 31.4 Å². The molecule has 2 aromatic rings. The van der Waals surface area contributed by atoms with Crippen molar-refractivity contribution in [2.45, 2.75) is 38.1 Å². The summed E-state index contributed by atoms with van der Waals surface area (Å²) in [6, 6.07) is 4.86. The number of carbonyl (C=O) groups is 3. The van der Waals surface area contributed by atoms with Gasteiger partial charge in [0.2, 0.25) is 11.8 Å². The number of ether oxygens (including phenoxy) is 1. The minimum absolute atomic E-state index is 0.0289. The van der Waals surface area contributed by atoms with Gasteiger partial charge in [0.15, 0.2) is 0 Å². The van der Waals surface area contributed by atoms with Gasteiger partial charge in [-0.05, 0) is 30.9 Å². The van der Waals surface area contributed by atoms with Gasteiger partial charge >= 0.3 is 11.7 Å². The number of nitrogens with one attached hydrogen (secondary N) is 1. The van der Waals surface area contributed by atoms with E-state index in [1.54, 1.807) is 13.1 Å². The third-order valence-corrected chi connectivity index (χ3v) is 4.90. The fourth-order valence-corrected chi connectivity index (χ4v) is 3.58. The van der Waals surface area contributed by atoms with Gasteiger partial charge < -0.3 is 9.84 Å². The number of aliphatic carboxylic acids is 1. The van der Waals surface area contributed by atoms with Gasteiger partial charge in [-0.2, -0.15) is 0 Å². The summed E-state index contributed by atoms with van der Waals surface area (Å²) in [7, 11) is 1.67. The number of imide groups is 1. The molecule has 2 heterocycles. The van der Waals surface area contributed by atoms with E-state index in [1.807, 2.05) is 12.1 Å². The first-order valence-electron chi connectivity index (χ1n) is 9.22. The van der Waals surface area contributed by atoms with Crippen LogP contribution in [0.15, 0.2) is 23.0 Å². The highest BCUT2D eigenvalue weighted by Crippen LogP contribution is 2.25. The molecule has 1 saturated heterocycles. The highest BCUT2D eigenvalue weighted by atomic mass is 16.5. The van der Waals surface area contributed by atoms with Crippen molar-refractivity contribution < 1.29 is 24.2 Å². The molecule has 1 fully saturated rings. The number of aromatic nitrogens is 2. The van der Waals surface area contributed by atoms with Crippen molar-refractivity contribution in [2.24, 2.45) is 7.05 Å². The molecule has 3 rings (SSSR count). The zero-order valence-corrected chi connectivity index (χ0v) is 15.6. The number of benzene rings is 1. The van der Waals surface area contributed by atoms with Crippen molar-refractivity contribution in [2.75, 3.05) is 13.2 Å². The Kier molecular flexibility index (Phi) is 5.93. The number of para-hydroxylation sites is 1. The van der Waals surface area contributed by atoms with Crippen LogP contribution in [0.1, 0.15) is 37.3 Å². The topological polar surface area (TPSA) is 120 Å². The van der Waals surface area contributed by atoms with Gasteiger partial charge in [0.25, 0.3) is 0 Å². The van der Waals surface area contributed by atoms with Gasteiger partial charge in [-0.1, -0.05) is 12.1 Å². The summed E-state index contributed by atoms with van der Waals surface area (Å²) in [5.74, 6) is -1.67. The van der Waals surface area contributed by atoms with Crippen molar-refractivity contribution in [3.05, 3.63) is 34.2 Å². The Morgan fingerprint density at radius 3 is 2.79 bits per heavy atom. The molecule has 28 heavy (non-hydrogen) atoms. The molecule has 1 atom stereocenters. The predicted molar refractivity (Wildman–Crippen MR) is 100.0 cm³/mol. The Morgan fingerprint density at radius 1 is 1.29 bits per heavy atom. The molecule has 2 amide bonds. The van der Waals surface area contributed by atoms with E-state index >= 15 is 0 Å². The number of nitrogens with zero attached hydrogens (tertiary/aromatic N) is 2. The molecule has 1 aliphatic heterocycles. The molecular formula is C19H23N3O6. The molecule has 9 nitrogen and oxygen atoms in total. The highest BCUT2D eigenvalue weighted by molar-refractivity contribution is 6.00. The summed E-state index contributed by atoms with van der Waals surface area (Å²) in [5, 5.41) is 10.9. The fraction of sp³-hybridized carbons (Fsp3) is 0.474. The van der Waals surface area contributed by atoms with Crippen molar-refractivity contribution in [3.63, 3.8) is 0 Å². The quantitative estimate of drug-likeness (QED) is 0.508. The number of hydrogen-bond donors (Lipinski definition) is 2. The fourth-order valence-electron chi connectivity index (χ4n) is 3.58. The Bertz CT molecular complexity index is 974. The van der Waals surface area contributed by atoms with E-state index in [9.17, 15) is 19.2 Å². The predicted octanol–water partition coefficient (Wildman–Crippen LogP) is 0.742. The van der Waals surface area contributed by atoms with Gasteiger partial charge in [-0.25, -0.2) is 4.79 Å². The van der Waals surface area contributed by atoms with Crippen LogP contribution >= 0.6 is 0 Å². The summed E-state index contributed by atoms with van der Waals surface area (Å²) >= 11 is 0. The number of hydrogen-bond acceptors (Lipinski definition) is 5. The van der Waals surface area contributed by atoms with E-state index in [-0.39, 0.29) is 31.0 Å². The van der Waals surface area contributed by atoms with Crippen LogP contribution in [0.5, 0.6) is 0 Å². The number of amides is 2. The Morgan fingerprint density at radius 2 is 2.07 bits per heavy atom. The number of aryl methyl sites for hydroxylation is 2. The monoisotopic (exact) mass is 389 g/mol. The molecule has 0 radical (unpaired) electrons. The molecule has 150 valence electrons. The number of rotatable bonds is 8. The molecule has 0 saturated carbocycles. The average Bonchev–Trinajstić information content (AvgIpc) is 2.90. The number of carboxylic acids is 1. The van der Waals surface area contributed by atoms with Gasteiger partial charge in [0.05, 0.1) is 24.1 Å². The highest BCUT2D eigenvalue weighted by Gasteiger charge is 2.31. The Labute approximate surface area is 160 Å². The minimum Gasteiger partial charge on any atom is -0.481 e. The summed E-state index contributed by atoms with van der Waals surface area (Å²) in [5.41, 5.74) is 2.06. The van der Waals surface area contributed by atoms with Gasteiger partial charge in [-0.15, -0.1) is 0 Å². The third kappa shape index (κ3) is 3.99. The molecule has 0 aliphatic carbocycles. The van der Waals surface area contributed by atoms with Crippen LogP contribution in [-0.2, 0) is 32.6 Å². The summed E-state index contributed by atoms with van der Waals surface area (Å²) < 4.78 is 8.31. The molecule has 1 aliphatic rings. The first kappa shape index (κ1) is 19.8. The molecule has 1 aromatic heterocycles. The van der Waals surface area contributed by atoms with E-state index in [2.05, 4.69) is 5.32 Å². The number of fused-ring (bicyclic) bond motifs is 1. The molecule has 0 spiro atoms. The smallest absolute Gasteiger partial charge is 0.329 e. The maximum atomic E-state index is 12.8. The molecule has 1 aromatic carbocycles. The lowest BCUT2D eigenvalue weighted by Crippen LogP contribution is -2.44. The lowest BCUT2D eigenvalue weighted by molar-refractivity contribution is -0.138. The third-order valence-electron chi connectivity index (χ3n) is 4.90. The van der Waals surface area contributed by atoms with Gasteiger partial charge in [0, 0.05) is 20.1 Å². The van der Waals surface area contributed by atoms with Crippen LogP contribution in [0.2, 0.25) is 0 Å². The zero-order valence-electron chi connectivity index (χ0n) is 15.6. The minimum atomic E-state index is -0.894. The number of piperidine rings is 1. The lowest BCUT2D eigenvalue weighted by atomic mass is 10.0. The summed E-state index contributed by atoms with van der Waals surface area (Å²) in [6.07, 6.45) is 1.80. The standard InChI is InChI=1S/C19H23N3O6/c1-21-17-12(5-3-10-28-11-9-16(24)25)4-2-6-13(17)22(19(21)27)14-7-8-15(23)20-18(14)26/h2,4,6,14H,3,5,7-11H2,1H3,(H,24,25)(H,20,23,26). The largest absolute Gasteiger partial charge is 0.481 e. The SMILES string of the molecule is Cn1c(=O)n(C2CCC(=O)NC2=O)c2cccc(CCCOCCC(=O)O)c21. The van der Waals surface area contributed by atoms with Crippen molar-refractivity contribution in [1.29, 1.82) is 0 Å². The first-order chi connectivity index (χ1) is 13.4. The maximum Gasteiger partial charge on any atom is 0.329 e. The second-order valence-corrected chi connectivity index (χ2v) is 6.82. The van der Waals surface area contributed by atoms with Crippen molar-refractivity contribution in [1.82, 2.24) is 14.5 Å². The number of carboxylic acid groups (broad SMARTS) is 1. The molecular weight excluding hydrogens is 366 g/mol. The van der Waals surface area contributed by atoms with Crippen LogP contribution < -0.4 is 11.0 Å². The summed E-state index contributed by atoms with van der Waals surface area (Å²) in [6.45, 7) is 0.593. The maximum absolute atomic E-state index is 12.8. The van der Waals surface area contributed by atoms with Crippen LogP contribution in [0.25, 0.3) is 11.0 Å². The average molecular weight is 389 g/mol. The number of carbonyl (C=O) groups excluding carboxylic acids is 2. The van der Waals surface area contributed by atoms with Crippen LogP contribution in [0.3, 0.4) is 0 Å². The second kappa shape index (κ2) is 8.39. The number of imidazole rings is 1. The van der Waals surface area contributed by atoms with Crippen molar-refractivity contribution >= 4 is 28.8 Å². The van der Waals surface area contributed by atoms with Gasteiger partial charge in [0.1, 0.15) is 6.04 Å². The first-order valence-corrected chi connectivity index (χ1v) is 9.22.